The Balaban J connectivity index is 0. The van der Waals surface area contributed by atoms with Gasteiger partial charge in [0.15, 0.2) is 0 Å². The van der Waals surface area contributed by atoms with Crippen LogP contribution in [0.3, 0.4) is 0 Å². The molecule has 62 valence electrons. The standard InChI is InChI=1S/C5H10O.C2H6O2/c1-3-5-6-4-2;3-1-2-4/h3,5H,4H2,1-2H3;3-4H,1-2H2. The van der Waals surface area contributed by atoms with Crippen LogP contribution in [0.15, 0.2) is 12.3 Å². The highest BCUT2D eigenvalue weighted by molar-refractivity contribution is 4.63. The number of rotatable bonds is 3. The minimum absolute atomic E-state index is 0.125. The summed E-state index contributed by atoms with van der Waals surface area (Å²) in [5.74, 6) is 0. The van der Waals surface area contributed by atoms with Crippen molar-refractivity contribution in [3.63, 3.8) is 0 Å². The lowest BCUT2D eigenvalue weighted by atomic mass is 10.7. The molecule has 0 aliphatic heterocycles. The monoisotopic (exact) mass is 148 g/mol. The van der Waals surface area contributed by atoms with Crippen LogP contribution >= 0.6 is 0 Å². The fraction of sp³-hybridized carbons (Fsp3) is 0.714. The van der Waals surface area contributed by atoms with Gasteiger partial charge < -0.3 is 14.9 Å². The highest BCUT2D eigenvalue weighted by atomic mass is 16.5. The summed E-state index contributed by atoms with van der Waals surface area (Å²) in [6, 6.07) is 0. The molecule has 0 spiro atoms. The van der Waals surface area contributed by atoms with Crippen LogP contribution < -0.4 is 0 Å². The maximum absolute atomic E-state index is 7.62. The Labute approximate surface area is 61.9 Å². The Kier molecular flexibility index (Phi) is 19.2. The van der Waals surface area contributed by atoms with E-state index in [1.54, 1.807) is 6.26 Å². The van der Waals surface area contributed by atoms with Crippen LogP contribution in [0.25, 0.3) is 0 Å². The molecule has 0 fully saturated rings. The van der Waals surface area contributed by atoms with Crippen molar-refractivity contribution in [2.75, 3.05) is 19.8 Å². The maximum atomic E-state index is 7.62. The zero-order chi connectivity index (χ0) is 8.24. The van der Waals surface area contributed by atoms with E-state index in [1.165, 1.54) is 0 Å². The summed E-state index contributed by atoms with van der Waals surface area (Å²) in [5.41, 5.74) is 0. The molecule has 0 rings (SSSR count). The summed E-state index contributed by atoms with van der Waals surface area (Å²) in [5, 5.41) is 15.2. The predicted octanol–water partition coefficient (Wildman–Crippen LogP) is 0.527. The number of hydrogen-bond donors (Lipinski definition) is 2. The lowest BCUT2D eigenvalue weighted by Crippen LogP contribution is -1.85. The van der Waals surface area contributed by atoms with E-state index in [0.717, 1.165) is 6.61 Å². The van der Waals surface area contributed by atoms with Gasteiger partial charge in [0.25, 0.3) is 0 Å². The van der Waals surface area contributed by atoms with Crippen LogP contribution in [-0.2, 0) is 4.74 Å². The molecule has 0 heterocycles. The zero-order valence-electron chi connectivity index (χ0n) is 6.58. The van der Waals surface area contributed by atoms with Gasteiger partial charge in [0.05, 0.1) is 26.1 Å². The molecule has 10 heavy (non-hydrogen) atoms. The van der Waals surface area contributed by atoms with E-state index in [9.17, 15) is 0 Å². The van der Waals surface area contributed by atoms with E-state index in [2.05, 4.69) is 0 Å². The first-order valence-corrected chi connectivity index (χ1v) is 3.27. The Morgan fingerprint density at radius 2 is 1.80 bits per heavy atom. The van der Waals surface area contributed by atoms with Crippen molar-refractivity contribution in [1.29, 1.82) is 0 Å². The Morgan fingerprint density at radius 1 is 1.30 bits per heavy atom. The molecule has 0 aromatic heterocycles. The molecule has 0 amide bonds. The molecular weight excluding hydrogens is 132 g/mol. The molecule has 0 bridgehead atoms. The van der Waals surface area contributed by atoms with E-state index < -0.39 is 0 Å². The van der Waals surface area contributed by atoms with Crippen molar-refractivity contribution in [3.05, 3.63) is 12.3 Å². The van der Waals surface area contributed by atoms with Crippen molar-refractivity contribution in [2.45, 2.75) is 13.8 Å². The fourth-order valence-electron chi connectivity index (χ4n) is 0.192. The average molecular weight is 148 g/mol. The first-order chi connectivity index (χ1) is 4.83. The summed E-state index contributed by atoms with van der Waals surface area (Å²) in [6.07, 6.45) is 3.55. The van der Waals surface area contributed by atoms with Crippen LogP contribution in [0.2, 0.25) is 0 Å². The van der Waals surface area contributed by atoms with Gasteiger partial charge in [0.2, 0.25) is 0 Å². The molecule has 0 unspecified atom stereocenters. The fourth-order valence-corrected chi connectivity index (χ4v) is 0.192. The van der Waals surface area contributed by atoms with E-state index in [4.69, 9.17) is 14.9 Å². The van der Waals surface area contributed by atoms with E-state index in [1.807, 2.05) is 19.9 Å². The maximum Gasteiger partial charge on any atom is 0.0845 e. The molecule has 0 aromatic carbocycles. The van der Waals surface area contributed by atoms with Crippen molar-refractivity contribution in [1.82, 2.24) is 0 Å². The smallest absolute Gasteiger partial charge is 0.0845 e. The van der Waals surface area contributed by atoms with Gasteiger partial charge in [-0.15, -0.1) is 0 Å². The van der Waals surface area contributed by atoms with E-state index in [-0.39, 0.29) is 13.2 Å². The number of allylic oxidation sites excluding steroid dienone is 1. The second-order valence-corrected chi connectivity index (χ2v) is 1.37. The molecule has 0 saturated heterocycles. The second-order valence-electron chi connectivity index (χ2n) is 1.37. The topological polar surface area (TPSA) is 49.7 Å². The second kappa shape index (κ2) is 15.8. The van der Waals surface area contributed by atoms with Crippen LogP contribution in [0.4, 0.5) is 0 Å². The third-order valence-corrected chi connectivity index (χ3v) is 0.499. The lowest BCUT2D eigenvalue weighted by Gasteiger charge is -1.86. The molecule has 3 nitrogen and oxygen atoms in total. The Bertz CT molecular complexity index is 59.9. The molecule has 0 aromatic rings. The van der Waals surface area contributed by atoms with Crippen molar-refractivity contribution < 1.29 is 14.9 Å². The van der Waals surface area contributed by atoms with E-state index >= 15 is 0 Å². The number of hydrogen-bond acceptors (Lipinski definition) is 3. The normalized spacial score (nSPS) is 8.80. The van der Waals surface area contributed by atoms with Gasteiger partial charge in [-0.1, -0.05) is 6.08 Å². The van der Waals surface area contributed by atoms with Gasteiger partial charge >= 0.3 is 0 Å². The molecule has 0 aliphatic rings. The Morgan fingerprint density at radius 3 is 1.90 bits per heavy atom. The van der Waals surface area contributed by atoms with Crippen LogP contribution in [-0.4, -0.2) is 30.0 Å². The number of aliphatic hydroxyl groups excluding tert-OH is 2. The molecule has 0 saturated carbocycles. The van der Waals surface area contributed by atoms with Crippen molar-refractivity contribution >= 4 is 0 Å². The highest BCUT2D eigenvalue weighted by Gasteiger charge is 1.60. The lowest BCUT2D eigenvalue weighted by molar-refractivity contribution is 0.186. The molecule has 3 heteroatoms. The molecule has 0 aliphatic carbocycles. The van der Waals surface area contributed by atoms with Gasteiger partial charge in [0, 0.05) is 0 Å². The van der Waals surface area contributed by atoms with Gasteiger partial charge in [-0.25, -0.2) is 0 Å². The van der Waals surface area contributed by atoms with E-state index in [0.29, 0.717) is 0 Å². The third-order valence-electron chi connectivity index (χ3n) is 0.499. The molecule has 2 N–H and O–H groups in total. The van der Waals surface area contributed by atoms with Crippen molar-refractivity contribution in [3.8, 4) is 0 Å². The predicted molar refractivity (Wildman–Crippen MR) is 40.6 cm³/mol. The van der Waals surface area contributed by atoms with Gasteiger partial charge in [0.1, 0.15) is 0 Å². The SMILES string of the molecule is CC=COCC.OCCO. The van der Waals surface area contributed by atoms with Gasteiger partial charge in [-0.2, -0.15) is 0 Å². The summed E-state index contributed by atoms with van der Waals surface area (Å²) in [6.45, 7) is 4.40. The minimum atomic E-state index is -0.125. The Hall–Kier alpha value is -0.540. The van der Waals surface area contributed by atoms with Gasteiger partial charge in [-0.05, 0) is 13.8 Å². The third kappa shape index (κ3) is 26.0. The quantitative estimate of drug-likeness (QED) is 0.574. The zero-order valence-corrected chi connectivity index (χ0v) is 6.58. The van der Waals surface area contributed by atoms with Crippen LogP contribution in [0, 0.1) is 0 Å². The average Bonchev–Trinajstić information content (AvgIpc) is 2.01. The minimum Gasteiger partial charge on any atom is -0.502 e. The number of ether oxygens (including phenoxy) is 1. The first-order valence-electron chi connectivity index (χ1n) is 3.27. The van der Waals surface area contributed by atoms with Crippen molar-refractivity contribution in [2.24, 2.45) is 0 Å². The van der Waals surface area contributed by atoms with Gasteiger partial charge in [-0.3, -0.25) is 0 Å². The molecule has 0 atom stereocenters. The first kappa shape index (κ1) is 12.2. The van der Waals surface area contributed by atoms with Crippen LogP contribution in [0.1, 0.15) is 13.8 Å². The summed E-state index contributed by atoms with van der Waals surface area (Å²) < 4.78 is 4.80. The summed E-state index contributed by atoms with van der Waals surface area (Å²) >= 11 is 0. The highest BCUT2D eigenvalue weighted by Crippen LogP contribution is 1.71. The largest absolute Gasteiger partial charge is 0.502 e. The number of aliphatic hydroxyl groups is 2. The molecule has 0 radical (unpaired) electrons. The van der Waals surface area contributed by atoms with Crippen LogP contribution in [0.5, 0.6) is 0 Å². The molecular formula is C7H16O3. The summed E-state index contributed by atoms with van der Waals surface area (Å²) in [7, 11) is 0. The summed E-state index contributed by atoms with van der Waals surface area (Å²) in [4.78, 5) is 0.